The third-order valence-electron chi connectivity index (χ3n) is 1.87. The van der Waals surface area contributed by atoms with Crippen LogP contribution in [0.2, 0.25) is 5.15 Å². The zero-order valence-corrected chi connectivity index (χ0v) is 8.75. The van der Waals surface area contributed by atoms with Crippen molar-refractivity contribution in [2.24, 2.45) is 0 Å². The molecule has 0 spiro atoms. The van der Waals surface area contributed by atoms with Crippen LogP contribution in [0.25, 0.3) is 11.4 Å². The number of pyridine rings is 1. The van der Waals surface area contributed by atoms with E-state index in [4.69, 9.17) is 11.6 Å². The summed E-state index contributed by atoms with van der Waals surface area (Å²) < 4.78 is 0. The second-order valence-electron chi connectivity index (χ2n) is 3.10. The monoisotopic (exact) mass is 221 g/mol. The van der Waals surface area contributed by atoms with Crippen LogP contribution in [-0.4, -0.2) is 15.0 Å². The number of aryl methyl sites for hydroxylation is 1. The Balaban J connectivity index is 2.54. The molecule has 0 aromatic carbocycles. The first-order valence-electron chi connectivity index (χ1n) is 4.35. The molecule has 0 aliphatic carbocycles. The van der Waals surface area contributed by atoms with Crippen LogP contribution in [0.4, 0.5) is 0 Å². The van der Waals surface area contributed by atoms with E-state index in [1.165, 1.54) is 6.07 Å². The van der Waals surface area contributed by atoms with E-state index in [1.54, 1.807) is 25.3 Å². The van der Waals surface area contributed by atoms with Gasteiger partial charge in [-0.1, -0.05) is 11.6 Å². The molecule has 2 rings (SSSR count). The van der Waals surface area contributed by atoms with Gasteiger partial charge in [0.2, 0.25) is 0 Å². The van der Waals surface area contributed by atoms with Gasteiger partial charge in [0.1, 0.15) is 11.0 Å². The van der Waals surface area contributed by atoms with Crippen LogP contribution in [0.1, 0.15) is 5.69 Å². The van der Waals surface area contributed by atoms with Crippen molar-refractivity contribution in [2.45, 2.75) is 6.92 Å². The molecule has 4 nitrogen and oxygen atoms in total. The first-order valence-corrected chi connectivity index (χ1v) is 4.73. The van der Waals surface area contributed by atoms with E-state index in [1.807, 2.05) is 0 Å². The maximum absolute atomic E-state index is 11.2. The van der Waals surface area contributed by atoms with Gasteiger partial charge in [0.25, 0.3) is 5.56 Å². The molecule has 1 N–H and O–H groups in total. The van der Waals surface area contributed by atoms with Crippen LogP contribution in [0.3, 0.4) is 0 Å². The number of halogens is 1. The lowest BCUT2D eigenvalue weighted by atomic mass is 10.2. The SMILES string of the molecule is Cc1cc(=O)[nH]c(-c2ccc(Cl)nc2)n1. The molecule has 0 saturated carbocycles. The van der Waals surface area contributed by atoms with Crippen molar-refractivity contribution >= 4 is 11.6 Å². The van der Waals surface area contributed by atoms with Crippen LogP contribution in [0.5, 0.6) is 0 Å². The van der Waals surface area contributed by atoms with Gasteiger partial charge in [-0.3, -0.25) is 4.79 Å². The fraction of sp³-hybridized carbons (Fsp3) is 0.100. The third kappa shape index (κ3) is 2.22. The minimum absolute atomic E-state index is 0.174. The number of rotatable bonds is 1. The van der Waals surface area contributed by atoms with E-state index in [9.17, 15) is 4.79 Å². The van der Waals surface area contributed by atoms with Gasteiger partial charge in [-0.2, -0.15) is 0 Å². The summed E-state index contributed by atoms with van der Waals surface area (Å²) in [5, 5.41) is 0.411. The van der Waals surface area contributed by atoms with E-state index in [2.05, 4.69) is 15.0 Å². The Morgan fingerprint density at radius 3 is 2.80 bits per heavy atom. The zero-order valence-electron chi connectivity index (χ0n) is 7.99. The quantitative estimate of drug-likeness (QED) is 0.747. The number of nitrogens with one attached hydrogen (secondary N) is 1. The fourth-order valence-electron chi connectivity index (χ4n) is 1.23. The highest BCUT2D eigenvalue weighted by Crippen LogP contribution is 2.14. The van der Waals surface area contributed by atoms with Gasteiger partial charge in [0.05, 0.1) is 0 Å². The number of H-pyrrole nitrogens is 1. The average Bonchev–Trinajstić information content (AvgIpc) is 2.17. The molecule has 0 unspecified atom stereocenters. The first-order chi connectivity index (χ1) is 7.15. The van der Waals surface area contributed by atoms with Gasteiger partial charge in [0, 0.05) is 23.5 Å². The molecular weight excluding hydrogens is 214 g/mol. The van der Waals surface area contributed by atoms with Crippen molar-refractivity contribution in [3.63, 3.8) is 0 Å². The molecule has 76 valence electrons. The van der Waals surface area contributed by atoms with Crippen molar-refractivity contribution in [1.29, 1.82) is 0 Å². The van der Waals surface area contributed by atoms with E-state index >= 15 is 0 Å². The Hall–Kier alpha value is -1.68. The Morgan fingerprint density at radius 1 is 1.40 bits per heavy atom. The second kappa shape index (κ2) is 3.82. The van der Waals surface area contributed by atoms with Crippen molar-refractivity contribution in [2.75, 3.05) is 0 Å². The lowest BCUT2D eigenvalue weighted by Gasteiger charge is -2.00. The minimum atomic E-state index is -0.174. The largest absolute Gasteiger partial charge is 0.306 e. The molecule has 0 bridgehead atoms. The molecule has 0 amide bonds. The number of hydrogen-bond donors (Lipinski definition) is 1. The normalized spacial score (nSPS) is 10.3. The van der Waals surface area contributed by atoms with Gasteiger partial charge >= 0.3 is 0 Å². The molecule has 5 heteroatoms. The maximum atomic E-state index is 11.2. The summed E-state index contributed by atoms with van der Waals surface area (Å²) in [5.74, 6) is 0.504. The Bertz CT molecular complexity index is 533. The molecule has 2 aromatic rings. The zero-order chi connectivity index (χ0) is 10.8. The molecule has 0 atom stereocenters. The Morgan fingerprint density at radius 2 is 2.20 bits per heavy atom. The number of aromatic amines is 1. The Labute approximate surface area is 91.0 Å². The van der Waals surface area contributed by atoms with Crippen LogP contribution >= 0.6 is 11.6 Å². The number of hydrogen-bond acceptors (Lipinski definition) is 3. The summed E-state index contributed by atoms with van der Waals surface area (Å²) in [4.78, 5) is 22.0. The van der Waals surface area contributed by atoms with Crippen LogP contribution in [-0.2, 0) is 0 Å². The van der Waals surface area contributed by atoms with Crippen molar-refractivity contribution < 1.29 is 0 Å². The topological polar surface area (TPSA) is 58.6 Å². The fourth-order valence-corrected chi connectivity index (χ4v) is 1.34. The third-order valence-corrected chi connectivity index (χ3v) is 2.09. The molecule has 0 fully saturated rings. The van der Waals surface area contributed by atoms with Crippen molar-refractivity contribution in [3.05, 3.63) is 45.6 Å². The number of aromatic nitrogens is 3. The summed E-state index contributed by atoms with van der Waals surface area (Å²) in [7, 11) is 0. The predicted molar refractivity (Wildman–Crippen MR) is 57.8 cm³/mol. The first kappa shape index (κ1) is 9.86. The van der Waals surface area contributed by atoms with Gasteiger partial charge in [-0.25, -0.2) is 9.97 Å². The van der Waals surface area contributed by atoms with Crippen molar-refractivity contribution in [3.8, 4) is 11.4 Å². The highest BCUT2D eigenvalue weighted by Gasteiger charge is 2.01. The highest BCUT2D eigenvalue weighted by molar-refractivity contribution is 6.29. The molecule has 0 radical (unpaired) electrons. The molecule has 0 aliphatic rings. The summed E-state index contributed by atoms with van der Waals surface area (Å²) in [5.41, 5.74) is 1.23. The molecule has 2 heterocycles. The van der Waals surface area contributed by atoms with Gasteiger partial charge in [0.15, 0.2) is 0 Å². The minimum Gasteiger partial charge on any atom is -0.306 e. The highest BCUT2D eigenvalue weighted by atomic mass is 35.5. The standard InChI is InChI=1S/C10H8ClN3O/c1-6-4-9(15)14-10(13-6)7-2-3-8(11)12-5-7/h2-5H,1H3,(H,13,14,15). The molecular formula is C10H8ClN3O. The van der Waals surface area contributed by atoms with Crippen molar-refractivity contribution in [1.82, 2.24) is 15.0 Å². The summed E-state index contributed by atoms with van der Waals surface area (Å²) in [6.07, 6.45) is 1.57. The second-order valence-corrected chi connectivity index (χ2v) is 3.49. The summed E-state index contributed by atoms with van der Waals surface area (Å²) in [6, 6.07) is 4.85. The van der Waals surface area contributed by atoms with Gasteiger partial charge < -0.3 is 4.98 Å². The van der Waals surface area contributed by atoms with Crippen LogP contribution in [0, 0.1) is 6.92 Å². The van der Waals surface area contributed by atoms with Gasteiger partial charge in [-0.15, -0.1) is 0 Å². The summed E-state index contributed by atoms with van der Waals surface area (Å²) in [6.45, 7) is 1.77. The average molecular weight is 222 g/mol. The van der Waals surface area contributed by atoms with Crippen LogP contribution < -0.4 is 5.56 Å². The number of nitrogens with zero attached hydrogens (tertiary/aromatic N) is 2. The van der Waals surface area contributed by atoms with E-state index in [-0.39, 0.29) is 5.56 Å². The molecule has 0 saturated heterocycles. The van der Waals surface area contributed by atoms with Gasteiger partial charge in [-0.05, 0) is 19.1 Å². The maximum Gasteiger partial charge on any atom is 0.251 e. The van der Waals surface area contributed by atoms with Crippen LogP contribution in [0.15, 0.2) is 29.2 Å². The lowest BCUT2D eigenvalue weighted by Crippen LogP contribution is -2.08. The Kier molecular flexibility index (Phi) is 2.51. The predicted octanol–water partition coefficient (Wildman–Crippen LogP) is 1.79. The summed E-state index contributed by atoms with van der Waals surface area (Å²) >= 11 is 5.66. The van der Waals surface area contributed by atoms with E-state index in [0.29, 0.717) is 16.7 Å². The van der Waals surface area contributed by atoms with E-state index < -0.39 is 0 Å². The lowest BCUT2D eigenvalue weighted by molar-refractivity contribution is 1.07. The smallest absolute Gasteiger partial charge is 0.251 e. The molecule has 2 aromatic heterocycles. The molecule has 15 heavy (non-hydrogen) atoms. The van der Waals surface area contributed by atoms with E-state index in [0.717, 1.165) is 5.56 Å². The molecule has 0 aliphatic heterocycles.